The number of hydrogen-bond donors (Lipinski definition) is 0. The van der Waals surface area contributed by atoms with Crippen molar-refractivity contribution in [3.63, 3.8) is 0 Å². The normalized spacial score (nSPS) is 15.1. The van der Waals surface area contributed by atoms with Gasteiger partial charge in [0.25, 0.3) is 11.8 Å². The second-order valence-corrected chi connectivity index (χ2v) is 6.51. The van der Waals surface area contributed by atoms with Crippen molar-refractivity contribution in [3.8, 4) is 0 Å². The van der Waals surface area contributed by atoms with Crippen LogP contribution in [0, 0.1) is 12.7 Å². The highest BCUT2D eigenvalue weighted by atomic mass is 19.1. The lowest BCUT2D eigenvalue weighted by molar-refractivity contribution is -0.161. The largest absolute Gasteiger partial charge is 0.454 e. The first kappa shape index (κ1) is 21.6. The number of carbonyl (C=O) groups excluding carboxylic acids is 3. The van der Waals surface area contributed by atoms with E-state index in [9.17, 15) is 18.8 Å². The highest BCUT2D eigenvalue weighted by Crippen LogP contribution is 2.13. The predicted molar refractivity (Wildman–Crippen MR) is 100 cm³/mol. The van der Waals surface area contributed by atoms with E-state index in [0.29, 0.717) is 31.7 Å². The number of ether oxygens (including phenoxy) is 2. The van der Waals surface area contributed by atoms with E-state index in [1.165, 1.54) is 24.0 Å². The highest BCUT2D eigenvalue weighted by Gasteiger charge is 2.26. The van der Waals surface area contributed by atoms with Gasteiger partial charge in [0.1, 0.15) is 5.82 Å². The molecule has 7 nitrogen and oxygen atoms in total. The predicted octanol–water partition coefficient (Wildman–Crippen LogP) is 1.55. The molecular formula is C20H25FN2O5. The zero-order valence-corrected chi connectivity index (χ0v) is 16.2. The first-order valence-electron chi connectivity index (χ1n) is 9.05. The Labute approximate surface area is 163 Å². The van der Waals surface area contributed by atoms with E-state index in [0.717, 1.165) is 0 Å². The molecule has 1 atom stereocenters. The molecular weight excluding hydrogens is 367 g/mol. The summed E-state index contributed by atoms with van der Waals surface area (Å²) in [5.74, 6) is -1.65. The maximum atomic E-state index is 13.7. The molecule has 1 saturated heterocycles. The van der Waals surface area contributed by atoms with Crippen LogP contribution in [0.2, 0.25) is 0 Å². The molecule has 0 saturated carbocycles. The summed E-state index contributed by atoms with van der Waals surface area (Å²) < 4.78 is 23.8. The quantitative estimate of drug-likeness (QED) is 0.520. The molecule has 28 heavy (non-hydrogen) atoms. The Morgan fingerprint density at radius 1 is 1.21 bits per heavy atom. The second kappa shape index (κ2) is 9.98. The fourth-order valence-corrected chi connectivity index (χ4v) is 2.69. The summed E-state index contributed by atoms with van der Waals surface area (Å²) in [4.78, 5) is 39.5. The van der Waals surface area contributed by atoms with Gasteiger partial charge in [-0.05, 0) is 31.5 Å². The molecule has 0 aliphatic carbocycles. The lowest BCUT2D eigenvalue weighted by Crippen LogP contribution is -2.51. The van der Waals surface area contributed by atoms with Crippen LogP contribution in [0.15, 0.2) is 30.9 Å². The van der Waals surface area contributed by atoms with Crippen LogP contribution >= 0.6 is 0 Å². The Balaban J connectivity index is 1.80. The van der Waals surface area contributed by atoms with Gasteiger partial charge in [0, 0.05) is 31.7 Å². The minimum Gasteiger partial charge on any atom is -0.454 e. The van der Waals surface area contributed by atoms with Crippen molar-refractivity contribution in [2.45, 2.75) is 20.0 Å². The van der Waals surface area contributed by atoms with Crippen molar-refractivity contribution >= 4 is 17.8 Å². The van der Waals surface area contributed by atoms with Gasteiger partial charge in [-0.3, -0.25) is 9.59 Å². The van der Waals surface area contributed by atoms with Gasteiger partial charge in [-0.1, -0.05) is 12.1 Å². The maximum Gasteiger partial charge on any atom is 0.335 e. The molecule has 1 fully saturated rings. The molecule has 1 aromatic rings. The topological polar surface area (TPSA) is 76.2 Å². The minimum atomic E-state index is -0.782. The summed E-state index contributed by atoms with van der Waals surface area (Å²) in [5, 5.41) is 0. The van der Waals surface area contributed by atoms with Crippen molar-refractivity contribution in [3.05, 3.63) is 47.8 Å². The fraction of sp³-hybridized carbons (Fsp3) is 0.450. The van der Waals surface area contributed by atoms with E-state index in [1.807, 2.05) is 0 Å². The number of rotatable bonds is 7. The lowest BCUT2D eigenvalue weighted by atomic mass is 10.1. The summed E-state index contributed by atoms with van der Waals surface area (Å²) in [5.41, 5.74) is 0.760. The standard InChI is InChI=1S/C20H25FN2O5/c1-4-11-27-15(3)20(26)28-13-18(24)22-7-9-23(10-8-22)19(25)16-6-5-14(2)17(21)12-16/h4-6,12,15H,1,7-11,13H2,2-3H3. The Morgan fingerprint density at radius 2 is 1.86 bits per heavy atom. The SMILES string of the molecule is C=CCOC(C)C(=O)OCC(=O)N1CCN(C(=O)c2ccc(C)c(F)c2)CC1. The van der Waals surface area contributed by atoms with Gasteiger partial charge in [0.2, 0.25) is 0 Å². The van der Waals surface area contributed by atoms with Crippen LogP contribution in [0.1, 0.15) is 22.8 Å². The molecule has 0 spiro atoms. The van der Waals surface area contributed by atoms with Crippen LogP contribution in [-0.2, 0) is 19.1 Å². The van der Waals surface area contributed by atoms with Gasteiger partial charge in [0.15, 0.2) is 12.7 Å². The van der Waals surface area contributed by atoms with Gasteiger partial charge in [-0.25, -0.2) is 9.18 Å². The third-order valence-electron chi connectivity index (χ3n) is 4.47. The Morgan fingerprint density at radius 3 is 2.46 bits per heavy atom. The highest BCUT2D eigenvalue weighted by molar-refractivity contribution is 5.94. The van der Waals surface area contributed by atoms with Gasteiger partial charge < -0.3 is 19.3 Å². The minimum absolute atomic E-state index is 0.213. The van der Waals surface area contributed by atoms with Gasteiger partial charge in [0.05, 0.1) is 6.61 Å². The maximum absolute atomic E-state index is 13.7. The van der Waals surface area contributed by atoms with Crippen molar-refractivity contribution in [2.24, 2.45) is 0 Å². The third-order valence-corrected chi connectivity index (χ3v) is 4.47. The summed E-state index contributed by atoms with van der Waals surface area (Å²) in [6.45, 7) is 7.78. The molecule has 1 aromatic carbocycles. The van der Waals surface area contributed by atoms with E-state index < -0.39 is 17.9 Å². The number of halogens is 1. The molecule has 0 bridgehead atoms. The second-order valence-electron chi connectivity index (χ2n) is 6.51. The van der Waals surface area contributed by atoms with Gasteiger partial charge in [-0.15, -0.1) is 6.58 Å². The summed E-state index contributed by atoms with van der Waals surface area (Å²) in [6.07, 6.45) is 0.732. The Hall–Kier alpha value is -2.74. The van der Waals surface area contributed by atoms with Crippen LogP contribution < -0.4 is 0 Å². The zero-order chi connectivity index (χ0) is 20.7. The molecule has 8 heteroatoms. The fourth-order valence-electron chi connectivity index (χ4n) is 2.69. The molecule has 0 aromatic heterocycles. The molecule has 0 radical (unpaired) electrons. The van der Waals surface area contributed by atoms with Gasteiger partial charge >= 0.3 is 5.97 Å². The number of amides is 2. The number of benzene rings is 1. The average Bonchev–Trinajstić information content (AvgIpc) is 2.71. The zero-order valence-electron chi connectivity index (χ0n) is 16.2. The Kier molecular flexibility index (Phi) is 7.69. The van der Waals surface area contributed by atoms with E-state index in [-0.39, 0.29) is 30.6 Å². The lowest BCUT2D eigenvalue weighted by Gasteiger charge is -2.34. The smallest absolute Gasteiger partial charge is 0.335 e. The molecule has 2 amide bonds. The molecule has 1 aliphatic heterocycles. The molecule has 1 aliphatic rings. The number of hydrogen-bond acceptors (Lipinski definition) is 5. The summed E-state index contributed by atoms with van der Waals surface area (Å²) in [7, 11) is 0. The first-order valence-corrected chi connectivity index (χ1v) is 9.05. The number of aryl methyl sites for hydroxylation is 1. The average molecular weight is 392 g/mol. The third kappa shape index (κ3) is 5.63. The molecule has 1 unspecified atom stereocenters. The van der Waals surface area contributed by atoms with E-state index in [1.54, 1.807) is 24.0 Å². The molecule has 1 heterocycles. The van der Waals surface area contributed by atoms with Crippen LogP contribution in [0.25, 0.3) is 0 Å². The molecule has 152 valence electrons. The van der Waals surface area contributed by atoms with Crippen LogP contribution in [0.5, 0.6) is 0 Å². The number of piperazine rings is 1. The van der Waals surface area contributed by atoms with Crippen molar-refractivity contribution < 1.29 is 28.2 Å². The summed E-state index contributed by atoms with van der Waals surface area (Å²) in [6, 6.07) is 4.38. The van der Waals surface area contributed by atoms with Crippen molar-refractivity contribution in [2.75, 3.05) is 39.4 Å². The van der Waals surface area contributed by atoms with Crippen LogP contribution in [0.4, 0.5) is 4.39 Å². The van der Waals surface area contributed by atoms with Crippen LogP contribution in [0.3, 0.4) is 0 Å². The number of esters is 1. The van der Waals surface area contributed by atoms with Crippen molar-refractivity contribution in [1.29, 1.82) is 0 Å². The first-order chi connectivity index (χ1) is 13.3. The van der Waals surface area contributed by atoms with E-state index >= 15 is 0 Å². The molecule has 0 N–H and O–H groups in total. The van der Waals surface area contributed by atoms with E-state index in [4.69, 9.17) is 9.47 Å². The molecule has 2 rings (SSSR count). The monoisotopic (exact) mass is 392 g/mol. The summed E-state index contributed by atoms with van der Waals surface area (Å²) >= 11 is 0. The number of carbonyl (C=O) groups is 3. The number of nitrogens with zero attached hydrogens (tertiary/aromatic N) is 2. The Bertz CT molecular complexity index is 744. The van der Waals surface area contributed by atoms with E-state index in [2.05, 4.69) is 6.58 Å². The van der Waals surface area contributed by atoms with Crippen molar-refractivity contribution in [1.82, 2.24) is 9.80 Å². The van der Waals surface area contributed by atoms with Gasteiger partial charge in [-0.2, -0.15) is 0 Å². The van der Waals surface area contributed by atoms with Crippen LogP contribution in [-0.4, -0.2) is 73.1 Å².